The van der Waals surface area contributed by atoms with Crippen LogP contribution in [0.4, 0.5) is 5.69 Å². The lowest BCUT2D eigenvalue weighted by molar-refractivity contribution is 0.353. The van der Waals surface area contributed by atoms with Crippen molar-refractivity contribution in [3.63, 3.8) is 0 Å². The maximum atomic E-state index is 7.70. The molecule has 9 aromatic rings. The van der Waals surface area contributed by atoms with E-state index in [-0.39, 0.29) is 5.41 Å². The van der Waals surface area contributed by atoms with Crippen molar-refractivity contribution in [3.8, 4) is 78.7 Å². The second-order valence-electron chi connectivity index (χ2n) is 16.1. The van der Waals surface area contributed by atoms with Crippen LogP contribution in [0.15, 0.2) is 182 Å². The molecule has 1 heterocycles. The first-order valence-corrected chi connectivity index (χ1v) is 20.9. The van der Waals surface area contributed by atoms with Crippen LogP contribution >= 0.6 is 0 Å². The van der Waals surface area contributed by atoms with Gasteiger partial charge in [0.2, 0.25) is 0 Å². The fourth-order valence-corrected chi connectivity index (χ4v) is 9.82. The predicted molar refractivity (Wildman–Crippen MR) is 246 cm³/mol. The summed E-state index contributed by atoms with van der Waals surface area (Å²) in [6.45, 7) is 7.70. The van der Waals surface area contributed by atoms with Gasteiger partial charge < -0.3 is 0 Å². The van der Waals surface area contributed by atoms with E-state index >= 15 is 0 Å². The number of aromatic nitrogens is 3. The summed E-state index contributed by atoms with van der Waals surface area (Å²) in [5.41, 5.74) is 16.1. The smallest absolute Gasteiger partial charge is 0.187 e. The molecule has 8 aromatic carbocycles. The highest BCUT2D eigenvalue weighted by Gasteiger charge is 2.43. The average molecular weight is 769 g/mol. The molecule has 1 aromatic heterocycles. The minimum Gasteiger partial charge on any atom is -0.238 e. The first kappa shape index (κ1) is 35.7. The molecule has 4 heteroatoms. The van der Waals surface area contributed by atoms with Crippen molar-refractivity contribution in [2.45, 2.75) is 37.5 Å². The number of rotatable bonds is 6. The SMILES string of the molecule is [C-]#[N+]c1ccc2c(c1)-c1ccc(-c3ccc(-c4ccc(-c5nc(-c6ccccc6)nc(-c6ccc(-c7ccccc7)cc6)n5)cc4)c4ccccc34)cc1C21CCCCC1. The molecule has 0 saturated heterocycles. The zero-order valence-electron chi connectivity index (χ0n) is 33.1. The predicted octanol–water partition coefficient (Wildman–Crippen LogP) is 14.8. The topological polar surface area (TPSA) is 43.0 Å². The molecule has 0 bridgehead atoms. The lowest BCUT2D eigenvalue weighted by Crippen LogP contribution is -2.28. The van der Waals surface area contributed by atoms with Gasteiger partial charge in [-0.3, -0.25) is 0 Å². The maximum absolute atomic E-state index is 7.70. The first-order chi connectivity index (χ1) is 29.6. The van der Waals surface area contributed by atoms with E-state index in [1.165, 1.54) is 74.5 Å². The Morgan fingerprint density at radius 2 is 0.833 bits per heavy atom. The van der Waals surface area contributed by atoms with Crippen LogP contribution in [-0.4, -0.2) is 15.0 Å². The average Bonchev–Trinajstić information content (AvgIpc) is 3.58. The third-order valence-corrected chi connectivity index (χ3v) is 12.8. The van der Waals surface area contributed by atoms with Gasteiger partial charge in [-0.25, -0.2) is 19.8 Å². The molecule has 0 N–H and O–H groups in total. The van der Waals surface area contributed by atoms with Crippen molar-refractivity contribution in [2.75, 3.05) is 0 Å². The van der Waals surface area contributed by atoms with Crippen LogP contribution in [0, 0.1) is 6.57 Å². The van der Waals surface area contributed by atoms with Crippen molar-refractivity contribution in [2.24, 2.45) is 0 Å². The van der Waals surface area contributed by atoms with Crippen LogP contribution in [0.1, 0.15) is 43.2 Å². The van der Waals surface area contributed by atoms with Gasteiger partial charge in [0.05, 0.1) is 6.57 Å². The minimum absolute atomic E-state index is 0.0190. The Hall–Kier alpha value is -7.48. The van der Waals surface area contributed by atoms with E-state index in [1.807, 2.05) is 42.5 Å². The Morgan fingerprint density at radius 3 is 1.43 bits per heavy atom. The highest BCUT2D eigenvalue weighted by molar-refractivity contribution is 6.05. The highest BCUT2D eigenvalue weighted by Crippen LogP contribution is 2.57. The quantitative estimate of drug-likeness (QED) is 0.158. The Bertz CT molecular complexity index is 3100. The Morgan fingerprint density at radius 1 is 0.367 bits per heavy atom. The number of nitrogens with zero attached hydrogens (tertiary/aromatic N) is 4. The number of hydrogen-bond donors (Lipinski definition) is 0. The molecule has 0 atom stereocenters. The lowest BCUT2D eigenvalue weighted by atomic mass is 9.67. The molecule has 1 saturated carbocycles. The van der Waals surface area contributed by atoms with Gasteiger partial charge in [0, 0.05) is 22.1 Å². The molecule has 2 aliphatic rings. The third kappa shape index (κ3) is 6.10. The number of hydrogen-bond acceptors (Lipinski definition) is 3. The number of fused-ring (bicyclic) bond motifs is 6. The second kappa shape index (κ2) is 14.7. The van der Waals surface area contributed by atoms with Gasteiger partial charge in [0.1, 0.15) is 0 Å². The lowest BCUT2D eigenvalue weighted by Gasteiger charge is -2.36. The molecule has 1 spiro atoms. The van der Waals surface area contributed by atoms with E-state index in [4.69, 9.17) is 21.5 Å². The van der Waals surface area contributed by atoms with E-state index in [1.54, 1.807) is 0 Å². The Kier molecular flexibility index (Phi) is 8.75. The van der Waals surface area contributed by atoms with Crippen LogP contribution in [0.2, 0.25) is 0 Å². The normalized spacial score (nSPS) is 13.8. The number of benzene rings is 8. The van der Waals surface area contributed by atoms with E-state index in [2.05, 4.69) is 144 Å². The van der Waals surface area contributed by atoms with Crippen LogP contribution in [-0.2, 0) is 5.41 Å². The molecule has 4 nitrogen and oxygen atoms in total. The largest absolute Gasteiger partial charge is 0.238 e. The summed E-state index contributed by atoms with van der Waals surface area (Å²) in [5.74, 6) is 1.92. The van der Waals surface area contributed by atoms with Crippen molar-refractivity contribution in [3.05, 3.63) is 205 Å². The third-order valence-electron chi connectivity index (χ3n) is 12.8. The van der Waals surface area contributed by atoms with Gasteiger partial charge >= 0.3 is 0 Å². The summed E-state index contributed by atoms with van der Waals surface area (Å²) in [6.07, 6.45) is 6.07. The van der Waals surface area contributed by atoms with E-state index in [9.17, 15) is 0 Å². The van der Waals surface area contributed by atoms with Crippen molar-refractivity contribution < 1.29 is 0 Å². The fourth-order valence-electron chi connectivity index (χ4n) is 9.82. The van der Waals surface area contributed by atoms with Gasteiger partial charge in [-0.05, 0) is 91.4 Å². The Balaban J connectivity index is 0.956. The Labute approximate surface area is 350 Å². The molecule has 11 rings (SSSR count). The van der Waals surface area contributed by atoms with Gasteiger partial charge in [-0.2, -0.15) is 0 Å². The molecule has 2 aliphatic carbocycles. The summed E-state index contributed by atoms with van der Waals surface area (Å²) < 4.78 is 0. The van der Waals surface area contributed by atoms with Crippen LogP contribution < -0.4 is 0 Å². The second-order valence-corrected chi connectivity index (χ2v) is 16.1. The summed E-state index contributed by atoms with van der Waals surface area (Å²) >= 11 is 0. The van der Waals surface area contributed by atoms with Gasteiger partial charge in [-0.1, -0.05) is 189 Å². The van der Waals surface area contributed by atoms with Crippen molar-refractivity contribution in [1.82, 2.24) is 15.0 Å². The fraction of sp³-hybridized carbons (Fsp3) is 0.107. The van der Waals surface area contributed by atoms with Gasteiger partial charge in [0.15, 0.2) is 23.2 Å². The van der Waals surface area contributed by atoms with E-state index in [0.717, 1.165) is 40.7 Å². The standard InChI is InChI=1S/C56H40N4/c1-57-44-28-32-51-50(36-44)49-29-27-43(35-52(49)56(51)33-11-4-12-34-56)46-31-30-45(47-17-9-10-18-48(46)47)39-21-25-42(26-22-39)55-59-53(40-15-7-3-8-16-40)58-54(60-55)41-23-19-38(20-24-41)37-13-5-2-6-14-37/h2-3,5-10,13-32,35-36H,4,11-12,33-34H2. The molecule has 1 fully saturated rings. The van der Waals surface area contributed by atoms with Crippen LogP contribution in [0.5, 0.6) is 0 Å². The van der Waals surface area contributed by atoms with E-state index in [0.29, 0.717) is 23.2 Å². The first-order valence-electron chi connectivity index (χ1n) is 20.9. The molecular weight excluding hydrogens is 729 g/mol. The summed E-state index contributed by atoms with van der Waals surface area (Å²) in [6, 6.07) is 64.4. The molecule has 284 valence electrons. The van der Waals surface area contributed by atoms with Gasteiger partial charge in [-0.15, -0.1) is 0 Å². The van der Waals surface area contributed by atoms with Crippen molar-refractivity contribution >= 4 is 16.5 Å². The molecule has 0 radical (unpaired) electrons. The molecular formula is C56H40N4. The van der Waals surface area contributed by atoms with Crippen molar-refractivity contribution in [1.29, 1.82) is 0 Å². The zero-order valence-corrected chi connectivity index (χ0v) is 33.1. The molecule has 60 heavy (non-hydrogen) atoms. The van der Waals surface area contributed by atoms with Crippen LogP contribution in [0.25, 0.3) is 94.3 Å². The summed E-state index contributed by atoms with van der Waals surface area (Å²) in [7, 11) is 0. The molecule has 0 aliphatic heterocycles. The van der Waals surface area contributed by atoms with Gasteiger partial charge in [0.25, 0.3) is 0 Å². The monoisotopic (exact) mass is 768 g/mol. The molecule has 0 amide bonds. The minimum atomic E-state index is 0.0190. The molecule has 0 unspecified atom stereocenters. The summed E-state index contributed by atoms with van der Waals surface area (Å²) in [5, 5.41) is 2.45. The highest BCUT2D eigenvalue weighted by atomic mass is 15.0. The van der Waals surface area contributed by atoms with Crippen LogP contribution in [0.3, 0.4) is 0 Å². The summed E-state index contributed by atoms with van der Waals surface area (Å²) in [4.78, 5) is 18.8. The zero-order chi connectivity index (χ0) is 40.0. The maximum Gasteiger partial charge on any atom is 0.187 e. The van der Waals surface area contributed by atoms with E-state index < -0.39 is 0 Å².